The minimum Gasteiger partial charge on any atom is -0.0755 e. The van der Waals surface area contributed by atoms with Crippen LogP contribution in [0.25, 0.3) is 0 Å². The van der Waals surface area contributed by atoms with Gasteiger partial charge in [-0.1, -0.05) is 24.2 Å². The van der Waals surface area contributed by atoms with Crippen LogP contribution in [0.3, 0.4) is 0 Å². The van der Waals surface area contributed by atoms with Gasteiger partial charge >= 0.3 is 7.80 Å². The van der Waals surface area contributed by atoms with Crippen LogP contribution in [0.2, 0.25) is 19.6 Å². The first kappa shape index (κ1) is 8.32. The van der Waals surface area contributed by atoms with Crippen molar-refractivity contribution < 1.29 is 4.57 Å². The average Bonchev–Trinajstić information content (AvgIpc) is 1.21. The van der Waals surface area contributed by atoms with E-state index >= 15 is 0 Å². The Morgan fingerprint density at radius 1 is 1.38 bits per heavy atom. The minimum atomic E-state index is -1.00. The predicted molar refractivity (Wildman–Crippen MR) is 41.7 cm³/mol. The zero-order chi connectivity index (χ0) is 6.78. The summed E-state index contributed by atoms with van der Waals surface area (Å²) in [5, 5.41) is 0. The van der Waals surface area contributed by atoms with E-state index in [1.807, 2.05) is 6.66 Å². The lowest BCUT2D eigenvalue weighted by molar-refractivity contribution is 0.593. The lowest BCUT2D eigenvalue weighted by Gasteiger charge is -2.04. The first-order valence-corrected chi connectivity index (χ1v) is 8.40. The highest BCUT2D eigenvalue weighted by atomic mass is 31.1. The highest BCUT2D eigenvalue weighted by molar-refractivity contribution is 7.47. The van der Waals surface area contributed by atoms with E-state index in [9.17, 15) is 4.57 Å². The van der Waals surface area contributed by atoms with Gasteiger partial charge in [0.05, 0.1) is 0 Å². The number of hydrogen-bond donors (Lipinski definition) is 0. The fourth-order valence-electron chi connectivity index (χ4n) is 0.668. The van der Waals surface area contributed by atoms with Gasteiger partial charge in [-0.2, -0.15) is 0 Å². The molecule has 0 aromatic rings. The van der Waals surface area contributed by atoms with Gasteiger partial charge in [-0.25, -0.2) is 0 Å². The molecule has 3 heteroatoms. The van der Waals surface area contributed by atoms with E-state index in [1.54, 1.807) is 0 Å². The van der Waals surface area contributed by atoms with Crippen molar-refractivity contribution in [2.75, 3.05) is 12.5 Å². The molecule has 0 saturated heterocycles. The van der Waals surface area contributed by atoms with Gasteiger partial charge in [0.2, 0.25) is 0 Å². The number of rotatable bonds is 2. The van der Waals surface area contributed by atoms with Gasteiger partial charge in [-0.05, 0) is 0 Å². The molecule has 0 aromatic heterocycles. The molecule has 0 amide bonds. The van der Waals surface area contributed by atoms with Gasteiger partial charge in [0.15, 0.2) is 0 Å². The monoisotopic (exact) mass is 149 g/mol. The third-order valence-electron chi connectivity index (χ3n) is 0.697. The summed E-state index contributed by atoms with van der Waals surface area (Å²) < 4.78 is 10.6. The third kappa shape index (κ3) is 6.32. The van der Waals surface area contributed by atoms with Gasteiger partial charge in [0, 0.05) is 0 Å². The molecule has 0 aliphatic rings. The molecular weight excluding hydrogens is 135 g/mol. The lowest BCUT2D eigenvalue weighted by Crippen LogP contribution is -2.23. The van der Waals surface area contributed by atoms with Crippen LogP contribution >= 0.6 is 7.80 Å². The van der Waals surface area contributed by atoms with Crippen molar-refractivity contribution in [3.05, 3.63) is 0 Å². The highest BCUT2D eigenvalue weighted by Crippen LogP contribution is 2.19. The molecule has 0 saturated carbocycles. The summed E-state index contributed by atoms with van der Waals surface area (Å²) in [6.45, 7) is 8.53. The van der Waals surface area contributed by atoms with Crippen LogP contribution < -0.4 is 0 Å². The van der Waals surface area contributed by atoms with Crippen LogP contribution in [0.15, 0.2) is 0 Å². The van der Waals surface area contributed by atoms with Gasteiger partial charge in [0.25, 0.3) is 0 Å². The second kappa shape index (κ2) is 2.74. The Hall–Kier alpha value is 0.317. The molecule has 48 valence electrons. The molecule has 0 aliphatic heterocycles. The van der Waals surface area contributed by atoms with E-state index in [1.165, 1.54) is 0 Å². The molecule has 0 radical (unpaired) electrons. The molecule has 0 heterocycles. The summed E-state index contributed by atoms with van der Waals surface area (Å²) in [4.78, 5) is 0. The maximum Gasteiger partial charge on any atom is 0.331 e. The lowest BCUT2D eigenvalue weighted by atomic mass is 11.7. The number of hydrogen-bond acceptors (Lipinski definition) is 1. The van der Waals surface area contributed by atoms with Crippen molar-refractivity contribution in [2.24, 2.45) is 0 Å². The van der Waals surface area contributed by atoms with Crippen LogP contribution in [-0.2, 0) is 4.57 Å². The maximum atomic E-state index is 10.6. The fourth-order valence-corrected chi connectivity index (χ4v) is 6.01. The Labute approximate surface area is 53.3 Å². The molecule has 0 spiro atoms. The molecule has 0 aromatic carbocycles. The summed E-state index contributed by atoms with van der Waals surface area (Å²) in [6.07, 6.45) is 0. The Morgan fingerprint density at radius 2 is 1.75 bits per heavy atom. The molecule has 0 rings (SSSR count). The van der Waals surface area contributed by atoms with Gasteiger partial charge in [-0.3, -0.25) is 0 Å². The van der Waals surface area contributed by atoms with E-state index in [0.29, 0.717) is 0 Å². The highest BCUT2D eigenvalue weighted by Gasteiger charge is 2.22. The van der Waals surface area contributed by atoms with E-state index in [-0.39, 0.29) is 0 Å². The van der Waals surface area contributed by atoms with Crippen molar-refractivity contribution in [1.82, 2.24) is 0 Å². The molecule has 1 unspecified atom stereocenters. The van der Waals surface area contributed by atoms with Crippen LogP contribution in [0, 0.1) is 0 Å². The molecule has 0 N–H and O–H groups in total. The Balaban J connectivity index is 3.55. The molecule has 0 fully saturated rings. The Kier molecular flexibility index (Phi) is 2.85. The minimum absolute atomic E-state index is 0.877. The molecule has 0 aliphatic carbocycles. The summed E-state index contributed by atoms with van der Waals surface area (Å²) in [5.74, 6) is 0.975. The Bertz CT molecular complexity index is 95.1. The first-order chi connectivity index (χ1) is 3.42. The Morgan fingerprint density at radius 3 is 1.75 bits per heavy atom. The van der Waals surface area contributed by atoms with Gasteiger partial charge in [-0.15, -0.1) is 0 Å². The van der Waals surface area contributed by atoms with E-state index in [4.69, 9.17) is 0 Å². The summed E-state index contributed by atoms with van der Waals surface area (Å²) in [7, 11) is -1.88. The second-order valence-corrected chi connectivity index (χ2v) is 11.0. The summed E-state index contributed by atoms with van der Waals surface area (Å²) in [6, 6.07) is 0. The fraction of sp³-hybridized carbons (Fsp3) is 1.00. The predicted octanol–water partition coefficient (Wildman–Crippen LogP) is 2.32. The quantitative estimate of drug-likeness (QED) is 0.435. The average molecular weight is 149 g/mol. The van der Waals surface area contributed by atoms with E-state index < -0.39 is 15.9 Å². The zero-order valence-corrected chi connectivity index (χ0v) is 7.96. The van der Waals surface area contributed by atoms with Crippen molar-refractivity contribution >= 4 is 15.9 Å². The molecule has 0 bridgehead atoms. The molecular formula is C5H14OPSi+. The smallest absolute Gasteiger partial charge is 0.0755 e. The van der Waals surface area contributed by atoms with Crippen LogP contribution in [0.1, 0.15) is 0 Å². The maximum absolute atomic E-state index is 10.6. The van der Waals surface area contributed by atoms with Crippen molar-refractivity contribution in [3.8, 4) is 0 Å². The SMILES string of the molecule is C[P+](=O)C[Si](C)(C)C. The molecule has 8 heavy (non-hydrogen) atoms. The normalized spacial score (nSPS) is 13.8. The largest absolute Gasteiger partial charge is 0.331 e. The molecule has 1 atom stereocenters. The van der Waals surface area contributed by atoms with Crippen molar-refractivity contribution in [1.29, 1.82) is 0 Å². The van der Waals surface area contributed by atoms with Crippen LogP contribution in [0.5, 0.6) is 0 Å². The van der Waals surface area contributed by atoms with Crippen molar-refractivity contribution in [3.63, 3.8) is 0 Å². The zero-order valence-electron chi connectivity index (χ0n) is 6.06. The van der Waals surface area contributed by atoms with E-state index in [0.717, 1.165) is 5.79 Å². The van der Waals surface area contributed by atoms with Crippen LogP contribution in [0.4, 0.5) is 0 Å². The van der Waals surface area contributed by atoms with Gasteiger partial charge < -0.3 is 0 Å². The molecule has 1 nitrogen and oxygen atoms in total. The van der Waals surface area contributed by atoms with Crippen LogP contribution in [-0.4, -0.2) is 20.5 Å². The second-order valence-electron chi connectivity index (χ2n) is 3.35. The third-order valence-corrected chi connectivity index (χ3v) is 6.27. The summed E-state index contributed by atoms with van der Waals surface area (Å²) >= 11 is 0. The van der Waals surface area contributed by atoms with E-state index in [2.05, 4.69) is 19.6 Å². The van der Waals surface area contributed by atoms with Crippen molar-refractivity contribution in [2.45, 2.75) is 19.6 Å². The summed E-state index contributed by atoms with van der Waals surface area (Å²) in [5.41, 5.74) is 0. The standard InChI is InChI=1S/C5H14OPSi/c1-7(6)5-8(2,3)4/h5H2,1-4H3/q+1. The topological polar surface area (TPSA) is 17.1 Å². The first-order valence-electron chi connectivity index (χ1n) is 2.80. The van der Waals surface area contributed by atoms with Gasteiger partial charge in [0.1, 0.15) is 20.5 Å².